The Hall–Kier alpha value is -1.15. The Morgan fingerprint density at radius 2 is 2.11 bits per heavy atom. The molecule has 0 aliphatic carbocycles. The highest BCUT2D eigenvalue weighted by Crippen LogP contribution is 2.27. The molecule has 0 saturated carbocycles. The van der Waals surface area contributed by atoms with Crippen LogP contribution in [0.15, 0.2) is 0 Å². The van der Waals surface area contributed by atoms with Gasteiger partial charge in [-0.2, -0.15) is 5.10 Å². The molecule has 1 aromatic heterocycles. The van der Waals surface area contributed by atoms with Crippen LogP contribution in [0.3, 0.4) is 0 Å². The molecule has 2 rings (SSSR count). The van der Waals surface area contributed by atoms with Crippen LogP contribution in [-0.2, 0) is 16.4 Å². The van der Waals surface area contributed by atoms with Crippen molar-refractivity contribution in [3.05, 3.63) is 17.0 Å². The summed E-state index contributed by atoms with van der Waals surface area (Å²) in [6.45, 7) is 10.1. The molecule has 0 radical (unpaired) electrons. The molecule has 1 aliphatic rings. The summed E-state index contributed by atoms with van der Waals surface area (Å²) < 4.78 is 25.6. The van der Waals surface area contributed by atoms with Gasteiger partial charge < -0.3 is 10.2 Å². The van der Waals surface area contributed by atoms with Crippen LogP contribution in [0, 0.1) is 19.8 Å². The monoisotopic (exact) mass is 428 g/mol. The van der Waals surface area contributed by atoms with E-state index < -0.39 is 9.84 Å². The number of hydrogen-bond donors (Lipinski definition) is 1. The van der Waals surface area contributed by atoms with Gasteiger partial charge in [-0.3, -0.25) is 4.68 Å². The van der Waals surface area contributed by atoms with Crippen LogP contribution in [-0.4, -0.2) is 53.3 Å². The van der Waals surface area contributed by atoms with Gasteiger partial charge in [-0.15, -0.1) is 0 Å². The van der Waals surface area contributed by atoms with Gasteiger partial charge in [-0.25, -0.2) is 8.42 Å². The number of aryl methyl sites for hydroxylation is 1. The number of nitrogens with zero attached hydrogens (tertiary/aromatic N) is 3. The van der Waals surface area contributed by atoms with E-state index in [0.29, 0.717) is 18.9 Å². The second kappa shape index (κ2) is 10.1. The summed E-state index contributed by atoms with van der Waals surface area (Å²) in [5.41, 5.74) is 3.13. The summed E-state index contributed by atoms with van der Waals surface area (Å²) in [6, 6.07) is -0.0447. The van der Waals surface area contributed by atoms with Crippen LogP contribution in [0.25, 0.3) is 0 Å². The van der Waals surface area contributed by atoms with Gasteiger partial charge in [0.25, 0.3) is 0 Å². The molecule has 1 aromatic rings. The van der Waals surface area contributed by atoms with Crippen molar-refractivity contribution in [1.29, 1.82) is 0 Å². The van der Waals surface area contributed by atoms with Gasteiger partial charge >= 0.3 is 0 Å². The van der Waals surface area contributed by atoms with Crippen LogP contribution in [0.5, 0.6) is 0 Å². The van der Waals surface area contributed by atoms with Crippen molar-refractivity contribution in [2.75, 3.05) is 25.1 Å². The van der Waals surface area contributed by atoms with Crippen molar-refractivity contribution in [1.82, 2.24) is 20.0 Å². The molecule has 8 heteroatoms. The third kappa shape index (κ3) is 5.92. The summed E-state index contributed by atoms with van der Waals surface area (Å²) in [5, 5.41) is 8.83. The molecule has 0 spiro atoms. The van der Waals surface area contributed by atoms with Gasteiger partial charge in [-0.1, -0.05) is 33.1 Å². The quantitative estimate of drug-likeness (QED) is 0.608. The highest BCUT2D eigenvalue weighted by atomic mass is 32.2. The predicted octanol–water partition coefficient (Wildman–Crippen LogP) is 3.38. The van der Waals surface area contributed by atoms with E-state index in [1.165, 1.54) is 19.3 Å². The van der Waals surface area contributed by atoms with Crippen molar-refractivity contribution in [3.63, 3.8) is 0 Å². The van der Waals surface area contributed by atoms with Gasteiger partial charge in [-0.05, 0) is 44.8 Å². The Kier molecular flexibility index (Phi) is 8.30. The zero-order chi connectivity index (χ0) is 20.9. The zero-order valence-electron chi connectivity index (χ0n) is 18.0. The predicted molar refractivity (Wildman–Crippen MR) is 119 cm³/mol. The summed E-state index contributed by atoms with van der Waals surface area (Å²) >= 11 is 5.59. The van der Waals surface area contributed by atoms with Crippen molar-refractivity contribution < 1.29 is 8.42 Å². The number of sulfone groups is 1. The first-order valence-corrected chi connectivity index (χ1v) is 12.6. The standard InChI is InChI=1S/C20H36N4O2S2/c1-6-8-9-17(7-2)12-21-20(27)23(5)13-19-15(3)22-24(16(19)4)18-10-11-28(25,26)14-18/h17-18H,6-14H2,1-5H3,(H,21,27)/t17-,18+/m1/s1. The topological polar surface area (TPSA) is 67.2 Å². The van der Waals surface area contributed by atoms with Crippen LogP contribution < -0.4 is 5.32 Å². The molecule has 28 heavy (non-hydrogen) atoms. The molecule has 1 N–H and O–H groups in total. The molecule has 0 bridgehead atoms. The normalized spacial score (nSPS) is 19.5. The lowest BCUT2D eigenvalue weighted by atomic mass is 9.99. The Morgan fingerprint density at radius 1 is 1.39 bits per heavy atom. The van der Waals surface area contributed by atoms with Crippen molar-refractivity contribution in [3.8, 4) is 0 Å². The lowest BCUT2D eigenvalue weighted by molar-refractivity contribution is 0.426. The Labute approximate surface area is 176 Å². The smallest absolute Gasteiger partial charge is 0.168 e. The van der Waals surface area contributed by atoms with E-state index in [9.17, 15) is 8.42 Å². The SMILES string of the molecule is CCCC[C@@H](CC)CNC(=S)N(C)Cc1c(C)nn([C@H]2CCS(=O)(=O)C2)c1C. The molecule has 0 amide bonds. The van der Waals surface area contributed by atoms with Crippen LogP contribution in [0.2, 0.25) is 0 Å². The molecule has 160 valence electrons. The molecule has 2 heterocycles. The molecule has 6 nitrogen and oxygen atoms in total. The molecule has 1 aliphatic heterocycles. The van der Waals surface area contributed by atoms with Crippen molar-refractivity contribution >= 4 is 27.2 Å². The first-order valence-electron chi connectivity index (χ1n) is 10.4. The lowest BCUT2D eigenvalue weighted by Crippen LogP contribution is -2.39. The molecule has 1 saturated heterocycles. The maximum absolute atomic E-state index is 11.8. The number of thiocarbonyl (C=S) groups is 1. The van der Waals surface area contributed by atoms with Crippen LogP contribution >= 0.6 is 12.2 Å². The molecular weight excluding hydrogens is 392 g/mol. The van der Waals surface area contributed by atoms with Crippen molar-refractivity contribution in [2.45, 2.75) is 72.4 Å². The van der Waals surface area contributed by atoms with E-state index in [-0.39, 0.29) is 17.5 Å². The minimum absolute atomic E-state index is 0.0447. The van der Waals surface area contributed by atoms with E-state index in [2.05, 4.69) is 29.2 Å². The number of rotatable bonds is 9. The fraction of sp³-hybridized carbons (Fsp3) is 0.800. The van der Waals surface area contributed by atoms with Gasteiger partial charge in [0.15, 0.2) is 14.9 Å². The third-order valence-corrected chi connectivity index (χ3v) is 8.06. The average Bonchev–Trinajstić information content (AvgIpc) is 3.14. The van der Waals surface area contributed by atoms with E-state index >= 15 is 0 Å². The van der Waals surface area contributed by atoms with Crippen molar-refractivity contribution in [2.24, 2.45) is 5.92 Å². The third-order valence-electron chi connectivity index (χ3n) is 5.86. The number of nitrogens with one attached hydrogen (secondary N) is 1. The number of aromatic nitrogens is 2. The van der Waals surface area contributed by atoms with Gasteiger partial charge in [0.1, 0.15) is 0 Å². The summed E-state index contributed by atoms with van der Waals surface area (Å²) in [5.74, 6) is 1.11. The minimum Gasteiger partial charge on any atom is -0.362 e. The second-order valence-corrected chi connectivity index (χ2v) is 10.7. The summed E-state index contributed by atoms with van der Waals surface area (Å²) in [4.78, 5) is 2.05. The average molecular weight is 429 g/mol. The highest BCUT2D eigenvalue weighted by molar-refractivity contribution is 7.91. The fourth-order valence-corrected chi connectivity index (χ4v) is 5.71. The minimum atomic E-state index is -2.93. The first-order chi connectivity index (χ1) is 13.2. The zero-order valence-corrected chi connectivity index (χ0v) is 19.6. The van der Waals surface area contributed by atoms with Gasteiger partial charge in [0, 0.05) is 31.4 Å². The molecule has 0 unspecified atom stereocenters. The number of unbranched alkanes of at least 4 members (excludes halogenated alkanes) is 1. The van der Waals surface area contributed by atoms with E-state index in [0.717, 1.165) is 35.0 Å². The molecule has 1 fully saturated rings. The van der Waals surface area contributed by atoms with Gasteiger partial charge in [0.05, 0.1) is 23.2 Å². The first kappa shape index (κ1) is 23.1. The Morgan fingerprint density at radius 3 is 2.68 bits per heavy atom. The summed E-state index contributed by atoms with van der Waals surface area (Å²) in [6.07, 6.45) is 5.54. The fourth-order valence-electron chi connectivity index (χ4n) is 3.87. The maximum atomic E-state index is 11.8. The van der Waals surface area contributed by atoms with E-state index in [1.54, 1.807) is 0 Å². The van der Waals surface area contributed by atoms with Crippen LogP contribution in [0.1, 0.15) is 68.9 Å². The lowest BCUT2D eigenvalue weighted by Gasteiger charge is -2.24. The highest BCUT2D eigenvalue weighted by Gasteiger charge is 2.31. The van der Waals surface area contributed by atoms with Crippen LogP contribution in [0.4, 0.5) is 0 Å². The molecular formula is C20H36N4O2S2. The van der Waals surface area contributed by atoms with E-state index in [4.69, 9.17) is 12.2 Å². The maximum Gasteiger partial charge on any atom is 0.168 e. The van der Waals surface area contributed by atoms with Gasteiger partial charge in [0.2, 0.25) is 0 Å². The molecule has 0 aromatic carbocycles. The number of hydrogen-bond acceptors (Lipinski definition) is 4. The van der Waals surface area contributed by atoms with E-state index in [1.807, 2.05) is 25.6 Å². The molecule has 2 atom stereocenters. The summed E-state index contributed by atoms with van der Waals surface area (Å²) in [7, 11) is -0.929. The largest absolute Gasteiger partial charge is 0.362 e. The Balaban J connectivity index is 1.98. The Bertz CT molecular complexity index is 773. The second-order valence-electron chi connectivity index (χ2n) is 8.11.